The Morgan fingerprint density at radius 3 is 3.00 bits per heavy atom. The minimum atomic E-state index is -0.0104. The van der Waals surface area contributed by atoms with E-state index in [1.54, 1.807) is 0 Å². The molecule has 12 heavy (non-hydrogen) atoms. The SMILES string of the molecule is Cc1ncn(CCCl)c(=O)c1I. The zero-order chi connectivity index (χ0) is 9.14. The molecule has 1 aromatic heterocycles. The van der Waals surface area contributed by atoms with Gasteiger partial charge in [0, 0.05) is 12.4 Å². The summed E-state index contributed by atoms with van der Waals surface area (Å²) < 4.78 is 2.18. The van der Waals surface area contributed by atoms with Crippen molar-refractivity contribution in [2.24, 2.45) is 0 Å². The van der Waals surface area contributed by atoms with E-state index in [2.05, 4.69) is 4.98 Å². The number of aryl methyl sites for hydroxylation is 2. The average Bonchev–Trinajstić information content (AvgIpc) is 2.07. The first-order valence-corrected chi connectivity index (χ1v) is 5.05. The molecule has 3 nitrogen and oxygen atoms in total. The number of halogens is 2. The number of nitrogens with zero attached hydrogens (tertiary/aromatic N) is 2. The lowest BCUT2D eigenvalue weighted by Gasteiger charge is -2.03. The third-order valence-electron chi connectivity index (χ3n) is 1.48. The molecule has 0 saturated heterocycles. The predicted molar refractivity (Wildman–Crippen MR) is 56.7 cm³/mol. The fraction of sp³-hybridized carbons (Fsp3) is 0.429. The maximum absolute atomic E-state index is 11.4. The van der Waals surface area contributed by atoms with Crippen LogP contribution in [0.3, 0.4) is 0 Å². The Balaban J connectivity index is 3.18. The van der Waals surface area contributed by atoms with Crippen molar-refractivity contribution in [3.63, 3.8) is 0 Å². The summed E-state index contributed by atoms with van der Waals surface area (Å²) in [5, 5.41) is 0. The van der Waals surface area contributed by atoms with Gasteiger partial charge in [-0.3, -0.25) is 9.36 Å². The molecule has 0 aromatic carbocycles. The molecular formula is C7H8ClIN2O. The standard InChI is InChI=1S/C7H8ClIN2O/c1-5-6(9)7(12)11(3-2-8)4-10-5/h4H,2-3H2,1H3. The van der Waals surface area contributed by atoms with Crippen LogP contribution in [-0.2, 0) is 6.54 Å². The summed E-state index contributed by atoms with van der Waals surface area (Å²) in [6.45, 7) is 2.33. The van der Waals surface area contributed by atoms with Crippen LogP contribution in [0.25, 0.3) is 0 Å². The Morgan fingerprint density at radius 2 is 2.42 bits per heavy atom. The first kappa shape index (κ1) is 9.98. The molecular weight excluding hydrogens is 290 g/mol. The van der Waals surface area contributed by atoms with Crippen LogP contribution in [0.1, 0.15) is 5.69 Å². The lowest BCUT2D eigenvalue weighted by Crippen LogP contribution is -2.24. The van der Waals surface area contributed by atoms with Gasteiger partial charge in [0.1, 0.15) is 0 Å². The van der Waals surface area contributed by atoms with Crippen molar-refractivity contribution in [1.82, 2.24) is 9.55 Å². The van der Waals surface area contributed by atoms with Crippen LogP contribution < -0.4 is 5.56 Å². The molecule has 0 radical (unpaired) electrons. The molecule has 0 aliphatic rings. The second-order valence-electron chi connectivity index (χ2n) is 2.33. The Labute approximate surface area is 88.9 Å². The summed E-state index contributed by atoms with van der Waals surface area (Å²) >= 11 is 7.51. The first-order chi connectivity index (χ1) is 5.66. The first-order valence-electron chi connectivity index (χ1n) is 3.44. The molecule has 0 saturated carbocycles. The third-order valence-corrected chi connectivity index (χ3v) is 2.89. The van der Waals surface area contributed by atoms with Gasteiger partial charge in [-0.15, -0.1) is 11.6 Å². The number of rotatable bonds is 2. The van der Waals surface area contributed by atoms with Gasteiger partial charge in [-0.05, 0) is 29.5 Å². The minimum Gasteiger partial charge on any atom is -0.297 e. The van der Waals surface area contributed by atoms with Gasteiger partial charge in [-0.1, -0.05) is 0 Å². The van der Waals surface area contributed by atoms with Crippen molar-refractivity contribution >= 4 is 34.2 Å². The highest BCUT2D eigenvalue weighted by atomic mass is 127. The number of alkyl halides is 1. The number of aromatic nitrogens is 2. The Hall–Kier alpha value is -0.100. The summed E-state index contributed by atoms with van der Waals surface area (Å²) in [5.74, 6) is 0.431. The molecule has 0 aliphatic carbocycles. The van der Waals surface area contributed by atoms with Crippen LogP contribution in [0.15, 0.2) is 11.1 Å². The summed E-state index contributed by atoms with van der Waals surface area (Å²) in [4.78, 5) is 15.5. The van der Waals surface area contributed by atoms with Crippen LogP contribution in [0, 0.1) is 10.5 Å². The van der Waals surface area contributed by atoms with Gasteiger partial charge in [0.2, 0.25) is 0 Å². The van der Waals surface area contributed by atoms with E-state index >= 15 is 0 Å². The highest BCUT2D eigenvalue weighted by Gasteiger charge is 2.03. The van der Waals surface area contributed by atoms with Crippen LogP contribution >= 0.6 is 34.2 Å². The van der Waals surface area contributed by atoms with Gasteiger partial charge in [-0.2, -0.15) is 0 Å². The van der Waals surface area contributed by atoms with E-state index < -0.39 is 0 Å². The summed E-state index contributed by atoms with van der Waals surface area (Å²) in [6, 6.07) is 0. The minimum absolute atomic E-state index is 0.0104. The molecule has 0 aliphatic heterocycles. The molecule has 1 aromatic rings. The number of hydrogen-bond acceptors (Lipinski definition) is 2. The lowest BCUT2D eigenvalue weighted by atomic mass is 10.4. The van der Waals surface area contributed by atoms with Crippen molar-refractivity contribution in [2.75, 3.05) is 5.88 Å². The Bertz CT molecular complexity index is 337. The molecule has 0 N–H and O–H groups in total. The van der Waals surface area contributed by atoms with Crippen LogP contribution in [0.2, 0.25) is 0 Å². The van der Waals surface area contributed by atoms with Crippen molar-refractivity contribution in [3.05, 3.63) is 25.9 Å². The molecule has 1 heterocycles. The van der Waals surface area contributed by atoms with Crippen molar-refractivity contribution in [1.29, 1.82) is 0 Å². The summed E-state index contributed by atoms with van der Waals surface area (Å²) in [6.07, 6.45) is 1.53. The average molecular weight is 299 g/mol. The van der Waals surface area contributed by atoms with Crippen molar-refractivity contribution in [2.45, 2.75) is 13.5 Å². The Morgan fingerprint density at radius 1 is 1.75 bits per heavy atom. The van der Waals surface area contributed by atoms with Crippen molar-refractivity contribution in [3.8, 4) is 0 Å². The fourth-order valence-corrected chi connectivity index (χ4v) is 1.43. The third kappa shape index (κ3) is 1.98. The van der Waals surface area contributed by atoms with Crippen LogP contribution in [0.4, 0.5) is 0 Å². The van der Waals surface area contributed by atoms with E-state index in [-0.39, 0.29) is 5.56 Å². The second-order valence-corrected chi connectivity index (χ2v) is 3.79. The van der Waals surface area contributed by atoms with Gasteiger partial charge in [0.25, 0.3) is 5.56 Å². The molecule has 5 heteroatoms. The molecule has 0 amide bonds. The quantitative estimate of drug-likeness (QED) is 0.611. The van der Waals surface area contributed by atoms with E-state index in [0.29, 0.717) is 16.0 Å². The molecule has 0 bridgehead atoms. The predicted octanol–water partition coefficient (Wildman–Crippen LogP) is 1.40. The maximum Gasteiger partial charge on any atom is 0.267 e. The normalized spacial score (nSPS) is 10.2. The van der Waals surface area contributed by atoms with Gasteiger partial charge < -0.3 is 0 Å². The highest BCUT2D eigenvalue weighted by Crippen LogP contribution is 2.00. The van der Waals surface area contributed by atoms with E-state index in [9.17, 15) is 4.79 Å². The lowest BCUT2D eigenvalue weighted by molar-refractivity contribution is 0.700. The summed E-state index contributed by atoms with van der Waals surface area (Å²) in [7, 11) is 0. The smallest absolute Gasteiger partial charge is 0.267 e. The molecule has 0 atom stereocenters. The summed E-state index contributed by atoms with van der Waals surface area (Å²) in [5.41, 5.74) is 0.759. The molecule has 0 spiro atoms. The largest absolute Gasteiger partial charge is 0.297 e. The molecule has 0 unspecified atom stereocenters. The zero-order valence-electron chi connectivity index (χ0n) is 6.55. The van der Waals surface area contributed by atoms with Gasteiger partial charge in [0.05, 0.1) is 15.6 Å². The zero-order valence-corrected chi connectivity index (χ0v) is 9.46. The van der Waals surface area contributed by atoms with E-state index in [1.807, 2.05) is 29.5 Å². The monoisotopic (exact) mass is 298 g/mol. The van der Waals surface area contributed by atoms with Crippen molar-refractivity contribution < 1.29 is 0 Å². The molecule has 0 fully saturated rings. The second kappa shape index (κ2) is 4.23. The van der Waals surface area contributed by atoms with E-state index in [0.717, 1.165) is 5.69 Å². The molecule has 66 valence electrons. The van der Waals surface area contributed by atoms with E-state index in [1.165, 1.54) is 10.9 Å². The highest BCUT2D eigenvalue weighted by molar-refractivity contribution is 14.1. The molecule has 1 rings (SSSR count). The number of hydrogen-bond donors (Lipinski definition) is 0. The van der Waals surface area contributed by atoms with Gasteiger partial charge in [-0.25, -0.2) is 4.98 Å². The topological polar surface area (TPSA) is 34.9 Å². The van der Waals surface area contributed by atoms with Crippen LogP contribution in [-0.4, -0.2) is 15.4 Å². The maximum atomic E-state index is 11.4. The van der Waals surface area contributed by atoms with Crippen LogP contribution in [0.5, 0.6) is 0 Å². The van der Waals surface area contributed by atoms with Gasteiger partial charge >= 0.3 is 0 Å². The Kier molecular flexibility index (Phi) is 3.52. The van der Waals surface area contributed by atoms with Gasteiger partial charge in [0.15, 0.2) is 0 Å². The van der Waals surface area contributed by atoms with E-state index in [4.69, 9.17) is 11.6 Å². The fourth-order valence-electron chi connectivity index (χ4n) is 0.797.